The van der Waals surface area contributed by atoms with Crippen molar-refractivity contribution in [3.05, 3.63) is 188 Å². The summed E-state index contributed by atoms with van der Waals surface area (Å²) in [6.07, 6.45) is -7.93. The van der Waals surface area contributed by atoms with Gasteiger partial charge in [0.2, 0.25) is 5.82 Å². The fourth-order valence-electron chi connectivity index (χ4n) is 5.05. The van der Waals surface area contributed by atoms with Crippen LogP contribution in [-0.2, 0) is 12.4 Å². The van der Waals surface area contributed by atoms with Gasteiger partial charge in [-0.05, 0) is 118 Å². The molecule has 0 saturated heterocycles. The maximum atomic E-state index is 12.5. The average Bonchev–Trinajstić information content (AvgIpc) is 4.00. The molecule has 0 atom stereocenters. The van der Waals surface area contributed by atoms with Gasteiger partial charge in [-0.15, -0.1) is 0 Å². The Labute approximate surface area is 418 Å². The van der Waals surface area contributed by atoms with Crippen LogP contribution in [0.3, 0.4) is 0 Å². The van der Waals surface area contributed by atoms with Crippen LogP contribution in [0.2, 0.25) is 20.1 Å². The topological polar surface area (TPSA) is 244 Å². The maximum absolute atomic E-state index is 12.5. The fraction of sp³-hybridized carbons (Fsp3) is 0.0435. The zero-order valence-electron chi connectivity index (χ0n) is 35.6. The molecule has 0 saturated carbocycles. The van der Waals surface area contributed by atoms with E-state index >= 15 is 0 Å². The molecule has 366 valence electrons. The third-order valence-electron chi connectivity index (χ3n) is 8.51. The zero-order valence-corrected chi connectivity index (χ0v) is 38.7. The molecule has 0 bridgehead atoms. The summed E-state index contributed by atoms with van der Waals surface area (Å²) >= 11 is 22.7. The van der Waals surface area contributed by atoms with Crippen molar-refractivity contribution in [2.24, 2.45) is 5.16 Å². The molecule has 6 aromatic carbocycles. The molecule has 2 aromatic heterocycles. The molecular weight excluding hydrogens is 1030 g/mol. The Morgan fingerprint density at radius 3 is 1.45 bits per heavy atom. The lowest BCUT2D eigenvalue weighted by molar-refractivity contribution is -0.138. The molecule has 7 N–H and O–H groups in total. The number of nitrogens with zero attached hydrogens (tertiary/aromatic N) is 6. The number of rotatable bonds is 6. The Bertz CT molecular complexity index is 3010. The van der Waals surface area contributed by atoms with Crippen LogP contribution in [0.5, 0.6) is 0 Å². The minimum Gasteiger partial charge on any atom is -0.410 e. The first-order valence-electron chi connectivity index (χ1n) is 19.4. The molecule has 0 spiro atoms. The summed E-state index contributed by atoms with van der Waals surface area (Å²) in [6.45, 7) is 0. The number of hydrogen-bond acceptors (Lipinski definition) is 13. The number of benzene rings is 6. The Kier molecular flexibility index (Phi) is 20.7. The smallest absolute Gasteiger partial charge is 0.410 e. The minimum absolute atomic E-state index is 0.0216. The number of aldehydes is 1. The molecule has 0 unspecified atom stereocenters. The number of oxime groups is 1. The van der Waals surface area contributed by atoms with E-state index in [0.29, 0.717) is 48.2 Å². The molecule has 0 aliphatic heterocycles. The van der Waals surface area contributed by atoms with Gasteiger partial charge in [0.15, 0.2) is 22.9 Å². The predicted octanol–water partition coefficient (Wildman–Crippen LogP) is 13.5. The lowest BCUT2D eigenvalue weighted by Crippen LogP contribution is -2.20. The first kappa shape index (κ1) is 55.4. The van der Waals surface area contributed by atoms with Crippen LogP contribution in [0.4, 0.5) is 54.1 Å². The highest BCUT2D eigenvalue weighted by molar-refractivity contribution is 6.31. The number of amides is 2. The van der Waals surface area contributed by atoms with Gasteiger partial charge in [0, 0.05) is 53.7 Å². The SMILES string of the molecule is N#C/C(=N\O)c1ccc(Cl)cc1.Nc1ccc(C(F)(F)F)cc1.Nc1nonc1-c1ccc(Cl)cc1.O=C(Nc1ccc(C(F)(F)F)cc1)Nc1nonc1-c1ccc(Cl)cc1.O=Cc1ccc(Cl)cc1. The molecule has 0 aliphatic carbocycles. The van der Waals surface area contributed by atoms with E-state index in [1.165, 1.54) is 12.1 Å². The van der Waals surface area contributed by atoms with E-state index < -0.39 is 29.5 Å². The van der Waals surface area contributed by atoms with E-state index in [2.05, 4.69) is 45.7 Å². The number of nitriles is 1. The number of aromatic nitrogens is 4. The minimum atomic E-state index is -4.44. The normalized spacial score (nSPS) is 10.7. The van der Waals surface area contributed by atoms with E-state index in [0.717, 1.165) is 48.2 Å². The van der Waals surface area contributed by atoms with Crippen molar-refractivity contribution in [2.45, 2.75) is 12.4 Å². The first-order valence-corrected chi connectivity index (χ1v) is 20.9. The Hall–Kier alpha value is -8.16. The standard InChI is InChI=1S/C16H10ClF3N4O2.C8H6ClN3O.C8H5ClN2O.C7H5ClO.C7H6F3N/c17-11-5-1-9(2-6-11)13-14(24-26-23-13)22-15(25)21-12-7-3-10(4-8-12)16(18,19)20;9-6-3-1-5(2-4-6)7-8(10)12-13-11-7;9-7-3-1-6(2-4-7)8(5-10)11-12;8-7-3-1-6(5-9)2-4-7;8-7(9,10)5-1-3-6(11)4-2-5/h1-8H,(H2,21,22,24,25);1-4H,(H2,10,12);1-4,12H;1-5H;1-4H,11H2/b;;11-8+;;. The van der Waals surface area contributed by atoms with Crippen molar-refractivity contribution in [1.29, 1.82) is 5.26 Å². The van der Waals surface area contributed by atoms with Gasteiger partial charge in [-0.3, -0.25) is 10.1 Å². The van der Waals surface area contributed by atoms with E-state index in [1.54, 1.807) is 103 Å². The second-order valence-electron chi connectivity index (χ2n) is 13.5. The van der Waals surface area contributed by atoms with Gasteiger partial charge in [0.05, 0.1) is 11.1 Å². The van der Waals surface area contributed by atoms with Crippen LogP contribution in [0, 0.1) is 11.3 Å². The van der Waals surface area contributed by atoms with Crippen LogP contribution in [0.25, 0.3) is 22.5 Å². The number of carbonyl (C=O) groups excluding carboxylic acids is 2. The van der Waals surface area contributed by atoms with Crippen molar-refractivity contribution in [1.82, 2.24) is 20.6 Å². The molecular formula is C46H32Cl4F6N10O5. The third kappa shape index (κ3) is 18.4. The van der Waals surface area contributed by atoms with E-state index in [4.69, 9.17) is 68.3 Å². The number of nitrogen functional groups attached to an aromatic ring is 2. The maximum Gasteiger partial charge on any atom is 0.416 e. The molecule has 8 aromatic rings. The molecule has 15 nitrogen and oxygen atoms in total. The van der Waals surface area contributed by atoms with Crippen molar-refractivity contribution < 1.29 is 50.4 Å². The number of anilines is 4. The van der Waals surface area contributed by atoms with Crippen LogP contribution >= 0.6 is 46.4 Å². The highest BCUT2D eigenvalue weighted by atomic mass is 35.5. The third-order valence-corrected chi connectivity index (χ3v) is 9.52. The van der Waals surface area contributed by atoms with Crippen molar-refractivity contribution >= 4 is 87.4 Å². The van der Waals surface area contributed by atoms with E-state index in [1.807, 2.05) is 0 Å². The highest BCUT2D eigenvalue weighted by Crippen LogP contribution is 2.31. The first-order chi connectivity index (χ1) is 33.7. The number of urea groups is 1. The Balaban J connectivity index is 0.000000207. The van der Waals surface area contributed by atoms with Crippen LogP contribution < -0.4 is 22.1 Å². The van der Waals surface area contributed by atoms with Crippen LogP contribution in [0.1, 0.15) is 27.0 Å². The van der Waals surface area contributed by atoms with Gasteiger partial charge in [-0.1, -0.05) is 100 Å². The molecule has 71 heavy (non-hydrogen) atoms. The van der Waals surface area contributed by atoms with E-state index in [-0.39, 0.29) is 28.7 Å². The fourth-order valence-corrected chi connectivity index (χ4v) is 5.55. The summed E-state index contributed by atoms with van der Waals surface area (Å²) in [5, 5.41) is 41.4. The molecule has 2 amide bonds. The van der Waals surface area contributed by atoms with Crippen molar-refractivity contribution in [3.8, 4) is 28.6 Å². The monoisotopic (exact) mass is 1060 g/mol. The lowest BCUT2D eigenvalue weighted by atomic mass is 10.1. The van der Waals surface area contributed by atoms with E-state index in [9.17, 15) is 35.9 Å². The number of halogens is 10. The van der Waals surface area contributed by atoms with Gasteiger partial charge in [0.1, 0.15) is 12.4 Å². The number of nitrogens with one attached hydrogen (secondary N) is 2. The molecule has 2 heterocycles. The molecule has 0 radical (unpaired) electrons. The summed E-state index contributed by atoms with van der Waals surface area (Å²) in [7, 11) is 0. The molecule has 25 heteroatoms. The summed E-state index contributed by atoms with van der Waals surface area (Å²) in [5.74, 6) is 0.332. The second-order valence-corrected chi connectivity index (χ2v) is 15.2. The molecule has 0 fully saturated rings. The number of nitrogens with two attached hydrogens (primary N) is 2. The Morgan fingerprint density at radius 1 is 0.606 bits per heavy atom. The number of alkyl halides is 6. The summed E-state index contributed by atoms with van der Waals surface area (Å²) in [4.78, 5) is 22.1. The molecule has 8 rings (SSSR count). The van der Waals surface area contributed by atoms with Gasteiger partial charge >= 0.3 is 18.4 Å². The Morgan fingerprint density at radius 2 is 1.03 bits per heavy atom. The van der Waals surface area contributed by atoms with Crippen LogP contribution in [0.15, 0.2) is 160 Å². The highest BCUT2D eigenvalue weighted by Gasteiger charge is 2.30. The van der Waals surface area contributed by atoms with Gasteiger partial charge in [-0.2, -0.15) is 31.6 Å². The summed E-state index contributed by atoms with van der Waals surface area (Å²) in [6, 6.07) is 36.3. The number of hydrogen-bond donors (Lipinski definition) is 5. The van der Waals surface area contributed by atoms with Crippen molar-refractivity contribution in [2.75, 3.05) is 22.1 Å². The van der Waals surface area contributed by atoms with Crippen LogP contribution in [-0.4, -0.2) is 43.9 Å². The predicted molar refractivity (Wildman–Crippen MR) is 256 cm³/mol. The average molecular weight is 1060 g/mol. The van der Waals surface area contributed by atoms with Gasteiger partial charge in [-0.25, -0.2) is 14.1 Å². The van der Waals surface area contributed by atoms with Gasteiger partial charge < -0.3 is 22.0 Å². The van der Waals surface area contributed by atoms with Gasteiger partial charge in [0.25, 0.3) is 0 Å². The molecule has 0 aliphatic rings. The summed E-state index contributed by atoms with van der Waals surface area (Å²) in [5.41, 5.74) is 13.2. The zero-order chi connectivity index (χ0) is 52.1. The number of carbonyl (C=O) groups is 2. The second kappa shape index (κ2) is 26.6. The largest absolute Gasteiger partial charge is 0.416 e. The lowest BCUT2D eigenvalue weighted by Gasteiger charge is -2.09. The summed E-state index contributed by atoms with van der Waals surface area (Å²) < 4.78 is 82.3. The quantitative estimate of drug-likeness (QED) is 0.0261. The van der Waals surface area contributed by atoms with Crippen molar-refractivity contribution in [3.63, 3.8) is 0 Å².